The van der Waals surface area contributed by atoms with E-state index in [-0.39, 0.29) is 16.0 Å². The number of hydrogen-bond donors (Lipinski definition) is 1. The van der Waals surface area contributed by atoms with E-state index >= 15 is 0 Å². The number of aryl methyl sites for hydroxylation is 1. The maximum atomic E-state index is 13.3. The van der Waals surface area contributed by atoms with Crippen LogP contribution >= 0.6 is 12.2 Å². The molecule has 5 nitrogen and oxygen atoms in total. The minimum Gasteiger partial charge on any atom is -0.265 e. The third-order valence-electron chi connectivity index (χ3n) is 2.23. The number of nitrogens with zero attached hydrogens (tertiary/aromatic N) is 3. The van der Waals surface area contributed by atoms with Gasteiger partial charge in [-0.2, -0.15) is 14.9 Å². The lowest BCUT2D eigenvalue weighted by Gasteiger charge is -1.99. The zero-order valence-electron chi connectivity index (χ0n) is 9.42. The molecule has 0 saturated heterocycles. The quantitative estimate of drug-likeness (QED) is 0.662. The monoisotopic (exact) mass is 264 g/mol. The second kappa shape index (κ2) is 5.01. The van der Waals surface area contributed by atoms with Crippen molar-refractivity contribution < 1.29 is 4.39 Å². The van der Waals surface area contributed by atoms with Gasteiger partial charge in [0.25, 0.3) is 5.56 Å². The van der Waals surface area contributed by atoms with E-state index < -0.39 is 11.4 Å². The molecule has 1 heterocycles. The van der Waals surface area contributed by atoms with Crippen molar-refractivity contribution in [3.05, 3.63) is 56.5 Å². The number of aromatic nitrogens is 3. The number of H-pyrrole nitrogens is 1. The van der Waals surface area contributed by atoms with Crippen LogP contribution in [0.5, 0.6) is 0 Å². The van der Waals surface area contributed by atoms with Crippen LogP contribution in [0.1, 0.15) is 11.3 Å². The minimum absolute atomic E-state index is 0.0539. The molecule has 92 valence electrons. The Balaban J connectivity index is 2.48. The highest BCUT2D eigenvalue weighted by molar-refractivity contribution is 7.71. The van der Waals surface area contributed by atoms with Crippen LogP contribution in [0.15, 0.2) is 34.2 Å². The van der Waals surface area contributed by atoms with Crippen LogP contribution in [-0.4, -0.2) is 21.1 Å². The van der Waals surface area contributed by atoms with E-state index in [4.69, 9.17) is 12.2 Å². The van der Waals surface area contributed by atoms with Crippen molar-refractivity contribution in [1.29, 1.82) is 0 Å². The topological polar surface area (TPSA) is 63.0 Å². The third kappa shape index (κ3) is 2.40. The van der Waals surface area contributed by atoms with Gasteiger partial charge in [-0.3, -0.25) is 9.89 Å². The van der Waals surface area contributed by atoms with Gasteiger partial charge >= 0.3 is 0 Å². The summed E-state index contributed by atoms with van der Waals surface area (Å²) < 4.78 is 14.4. The molecule has 0 radical (unpaired) electrons. The van der Waals surface area contributed by atoms with Crippen LogP contribution in [0.25, 0.3) is 0 Å². The van der Waals surface area contributed by atoms with Gasteiger partial charge in [-0.1, -0.05) is 18.2 Å². The number of hydrogen-bond acceptors (Lipinski definition) is 4. The molecule has 1 N–H and O–H groups in total. The standard InChI is InChI=1S/C11H9FN4OS/c1-7-10(17)16(11(18)15-14-7)13-6-8-4-2-3-5-9(8)12/h2-6H,1H3,(H,15,18)/b13-6+. The average molecular weight is 264 g/mol. The summed E-state index contributed by atoms with van der Waals surface area (Å²) >= 11 is 4.88. The van der Waals surface area contributed by atoms with E-state index in [0.717, 1.165) is 4.68 Å². The van der Waals surface area contributed by atoms with Crippen molar-refractivity contribution >= 4 is 18.4 Å². The normalized spacial score (nSPS) is 11.0. The molecule has 0 amide bonds. The summed E-state index contributed by atoms with van der Waals surface area (Å²) in [4.78, 5) is 11.7. The summed E-state index contributed by atoms with van der Waals surface area (Å²) in [5, 5.41) is 10.0. The van der Waals surface area contributed by atoms with Crippen molar-refractivity contribution in [2.75, 3.05) is 0 Å². The SMILES string of the molecule is Cc1n[nH]c(=S)n(/N=C/c2ccccc2F)c1=O. The van der Waals surface area contributed by atoms with Crippen molar-refractivity contribution in [2.24, 2.45) is 5.10 Å². The average Bonchev–Trinajstić information content (AvgIpc) is 2.36. The van der Waals surface area contributed by atoms with Gasteiger partial charge in [0.1, 0.15) is 11.5 Å². The maximum Gasteiger partial charge on any atom is 0.296 e. The first-order valence-corrected chi connectivity index (χ1v) is 5.47. The molecular weight excluding hydrogens is 255 g/mol. The molecule has 0 unspecified atom stereocenters. The van der Waals surface area contributed by atoms with Gasteiger partial charge in [0.05, 0.1) is 6.21 Å². The summed E-state index contributed by atoms with van der Waals surface area (Å²) in [6.45, 7) is 1.53. The predicted octanol–water partition coefficient (Wildman–Crippen LogP) is 1.63. The number of nitrogens with one attached hydrogen (secondary N) is 1. The zero-order chi connectivity index (χ0) is 13.1. The molecule has 0 aliphatic carbocycles. The van der Waals surface area contributed by atoms with Gasteiger partial charge in [0.2, 0.25) is 4.77 Å². The van der Waals surface area contributed by atoms with Gasteiger partial charge in [0.15, 0.2) is 0 Å². The smallest absolute Gasteiger partial charge is 0.265 e. The Morgan fingerprint density at radius 1 is 1.50 bits per heavy atom. The van der Waals surface area contributed by atoms with E-state index in [0.29, 0.717) is 0 Å². The van der Waals surface area contributed by atoms with E-state index in [1.165, 1.54) is 19.2 Å². The summed E-state index contributed by atoms with van der Waals surface area (Å²) in [6.07, 6.45) is 1.24. The Kier molecular flexibility index (Phi) is 3.42. The molecule has 1 aromatic heterocycles. The lowest BCUT2D eigenvalue weighted by molar-refractivity contribution is 0.625. The molecular formula is C11H9FN4OS. The Morgan fingerprint density at radius 3 is 2.94 bits per heavy atom. The zero-order valence-corrected chi connectivity index (χ0v) is 10.2. The molecule has 0 aliphatic heterocycles. The molecule has 0 saturated carbocycles. The summed E-state index contributed by atoms with van der Waals surface area (Å²) in [5.74, 6) is -0.421. The second-order valence-electron chi connectivity index (χ2n) is 3.50. The molecule has 0 aliphatic rings. The maximum absolute atomic E-state index is 13.3. The molecule has 0 spiro atoms. The van der Waals surface area contributed by atoms with Crippen LogP contribution in [0.4, 0.5) is 4.39 Å². The number of rotatable bonds is 2. The van der Waals surface area contributed by atoms with E-state index in [1.54, 1.807) is 18.2 Å². The molecule has 0 bridgehead atoms. The van der Waals surface area contributed by atoms with Gasteiger partial charge in [0, 0.05) is 5.56 Å². The Hall–Kier alpha value is -2.15. The Morgan fingerprint density at radius 2 is 2.22 bits per heavy atom. The fraction of sp³-hybridized carbons (Fsp3) is 0.0909. The molecule has 1 aromatic carbocycles. The Bertz CT molecular complexity index is 719. The summed E-state index contributed by atoms with van der Waals surface area (Å²) in [7, 11) is 0. The van der Waals surface area contributed by atoms with Gasteiger partial charge in [-0.15, -0.1) is 0 Å². The first-order valence-electron chi connectivity index (χ1n) is 5.07. The number of benzene rings is 1. The minimum atomic E-state index is -0.439. The van der Waals surface area contributed by atoms with Gasteiger partial charge in [-0.05, 0) is 25.2 Å². The Labute approximate surface area is 107 Å². The fourth-order valence-electron chi connectivity index (χ4n) is 1.28. The van der Waals surface area contributed by atoms with Crippen LogP contribution in [0, 0.1) is 17.5 Å². The van der Waals surface area contributed by atoms with Crippen molar-refractivity contribution in [1.82, 2.24) is 14.9 Å². The first kappa shape index (κ1) is 12.3. The highest BCUT2D eigenvalue weighted by Crippen LogP contribution is 2.02. The fourth-order valence-corrected chi connectivity index (χ4v) is 1.45. The lowest BCUT2D eigenvalue weighted by atomic mass is 10.2. The molecule has 2 rings (SSSR count). The molecule has 0 fully saturated rings. The van der Waals surface area contributed by atoms with E-state index in [9.17, 15) is 9.18 Å². The lowest BCUT2D eigenvalue weighted by Crippen LogP contribution is -2.22. The summed E-state index contributed by atoms with van der Waals surface area (Å²) in [5.41, 5.74) is 0.0638. The highest BCUT2D eigenvalue weighted by Gasteiger charge is 2.01. The third-order valence-corrected chi connectivity index (χ3v) is 2.50. The molecule has 7 heteroatoms. The molecule has 18 heavy (non-hydrogen) atoms. The van der Waals surface area contributed by atoms with Crippen LogP contribution in [-0.2, 0) is 0 Å². The predicted molar refractivity (Wildman–Crippen MR) is 67.8 cm³/mol. The van der Waals surface area contributed by atoms with Gasteiger partial charge in [-0.25, -0.2) is 4.39 Å². The van der Waals surface area contributed by atoms with E-state index in [1.807, 2.05) is 0 Å². The summed E-state index contributed by atoms with van der Waals surface area (Å²) in [6, 6.07) is 6.10. The van der Waals surface area contributed by atoms with Crippen molar-refractivity contribution in [3.8, 4) is 0 Å². The largest absolute Gasteiger partial charge is 0.296 e. The molecule has 0 atom stereocenters. The van der Waals surface area contributed by atoms with E-state index in [2.05, 4.69) is 15.3 Å². The van der Waals surface area contributed by atoms with Crippen molar-refractivity contribution in [2.45, 2.75) is 6.92 Å². The van der Waals surface area contributed by atoms with Crippen LogP contribution < -0.4 is 5.56 Å². The highest BCUT2D eigenvalue weighted by atomic mass is 32.1. The number of aromatic amines is 1. The number of halogens is 1. The van der Waals surface area contributed by atoms with Gasteiger partial charge < -0.3 is 0 Å². The molecule has 2 aromatic rings. The van der Waals surface area contributed by atoms with Crippen LogP contribution in [0.2, 0.25) is 0 Å². The second-order valence-corrected chi connectivity index (χ2v) is 3.88. The van der Waals surface area contributed by atoms with Crippen molar-refractivity contribution in [3.63, 3.8) is 0 Å². The van der Waals surface area contributed by atoms with Crippen LogP contribution in [0.3, 0.4) is 0 Å². The first-order chi connectivity index (χ1) is 8.59.